The van der Waals surface area contributed by atoms with Crippen LogP contribution in [0.3, 0.4) is 0 Å². The number of benzene rings is 3. The SMILES string of the molecule is CCCC[C@]1(CC)CSc2ccc(N(C)C)cc2C(c2cccc(NC(=O)N[C@@H]3OC(CO)CC(OCc4ccccc4)C3O)c2)C1O.COS. The summed E-state index contributed by atoms with van der Waals surface area (Å²) in [6.45, 7) is 4.39. The van der Waals surface area contributed by atoms with Crippen LogP contribution in [0.4, 0.5) is 16.2 Å². The van der Waals surface area contributed by atoms with Crippen LogP contribution < -0.4 is 15.5 Å². The molecule has 280 valence electrons. The highest BCUT2D eigenvalue weighted by atomic mass is 32.2. The number of urea groups is 1. The Morgan fingerprint density at radius 2 is 1.82 bits per heavy atom. The lowest BCUT2D eigenvalue weighted by Crippen LogP contribution is -2.58. The lowest BCUT2D eigenvalue weighted by molar-refractivity contribution is -0.198. The third-order valence-corrected chi connectivity index (χ3v) is 11.3. The van der Waals surface area contributed by atoms with Crippen LogP contribution in [0.2, 0.25) is 0 Å². The Bertz CT molecular complexity index is 1520. The van der Waals surface area contributed by atoms with E-state index < -0.39 is 36.7 Å². The quantitative estimate of drug-likeness (QED) is 0.0899. The van der Waals surface area contributed by atoms with E-state index in [0.717, 1.165) is 53.8 Å². The molecule has 1 fully saturated rings. The van der Waals surface area contributed by atoms with E-state index in [1.807, 2.05) is 80.5 Å². The number of thioether (sulfide) groups is 1. The van der Waals surface area contributed by atoms with Crippen LogP contribution in [0.1, 0.15) is 68.6 Å². The average molecular weight is 742 g/mol. The molecule has 1 saturated heterocycles. The molecule has 5 unspecified atom stereocenters. The molecule has 0 saturated carbocycles. The van der Waals surface area contributed by atoms with Crippen LogP contribution in [-0.4, -0.2) is 85.6 Å². The maximum absolute atomic E-state index is 13.3. The van der Waals surface area contributed by atoms with E-state index >= 15 is 0 Å². The molecule has 7 atom stereocenters. The molecule has 51 heavy (non-hydrogen) atoms. The van der Waals surface area contributed by atoms with E-state index in [4.69, 9.17) is 9.47 Å². The van der Waals surface area contributed by atoms with Gasteiger partial charge in [-0.2, -0.15) is 0 Å². The van der Waals surface area contributed by atoms with Crippen molar-refractivity contribution in [2.75, 3.05) is 43.8 Å². The second-order valence-corrected chi connectivity index (χ2v) is 14.9. The number of hydrogen-bond acceptors (Lipinski definition) is 10. The third-order valence-electron chi connectivity index (χ3n) is 9.85. The van der Waals surface area contributed by atoms with Crippen molar-refractivity contribution in [2.24, 2.45) is 5.41 Å². The van der Waals surface area contributed by atoms with Crippen LogP contribution in [0.5, 0.6) is 0 Å². The van der Waals surface area contributed by atoms with Crippen molar-refractivity contribution in [3.8, 4) is 0 Å². The predicted octanol–water partition coefficient (Wildman–Crippen LogP) is 6.59. The number of hydrogen-bond donors (Lipinski definition) is 6. The summed E-state index contributed by atoms with van der Waals surface area (Å²) in [4.78, 5) is 16.6. The summed E-state index contributed by atoms with van der Waals surface area (Å²) in [5.74, 6) is 0.539. The van der Waals surface area contributed by atoms with Crippen LogP contribution >= 0.6 is 24.7 Å². The summed E-state index contributed by atoms with van der Waals surface area (Å²) in [5, 5.41) is 38.9. The second kappa shape index (κ2) is 19.9. The molecular formula is C39H55N3O7S2. The smallest absolute Gasteiger partial charge is 0.321 e. The van der Waals surface area contributed by atoms with Crippen molar-refractivity contribution < 1.29 is 33.8 Å². The normalized spacial score (nSPS) is 25.8. The minimum Gasteiger partial charge on any atom is -0.394 e. The van der Waals surface area contributed by atoms with E-state index in [2.05, 4.69) is 64.7 Å². The number of anilines is 2. The molecule has 3 aromatic carbocycles. The van der Waals surface area contributed by atoms with Gasteiger partial charge in [0.05, 0.1) is 31.5 Å². The zero-order chi connectivity index (χ0) is 37.0. The minimum absolute atomic E-state index is 0.264. The molecule has 12 heteroatoms. The first-order valence-corrected chi connectivity index (χ1v) is 19.0. The number of nitrogens with one attached hydrogen (secondary N) is 2. The Labute approximate surface area is 312 Å². The fourth-order valence-corrected chi connectivity index (χ4v) is 8.32. The zero-order valence-electron chi connectivity index (χ0n) is 30.3. The third kappa shape index (κ3) is 10.6. The number of aliphatic hydroxyl groups excluding tert-OH is 3. The van der Waals surface area contributed by atoms with E-state index in [0.29, 0.717) is 12.1 Å². The van der Waals surface area contributed by atoms with Crippen molar-refractivity contribution in [2.45, 2.75) is 94.0 Å². The van der Waals surface area contributed by atoms with E-state index in [-0.39, 0.29) is 24.5 Å². The van der Waals surface area contributed by atoms with Gasteiger partial charge in [-0.1, -0.05) is 69.2 Å². The number of ether oxygens (including phenoxy) is 2. The number of thiol groups is 1. The van der Waals surface area contributed by atoms with Gasteiger partial charge in [-0.15, -0.1) is 11.8 Å². The molecule has 0 bridgehead atoms. The molecule has 0 aromatic heterocycles. The van der Waals surface area contributed by atoms with Gasteiger partial charge in [-0.05, 0) is 72.8 Å². The molecule has 10 nitrogen and oxygen atoms in total. The van der Waals surface area contributed by atoms with E-state index in [9.17, 15) is 20.1 Å². The number of unbranched alkanes of at least 4 members (excludes halogenated alkanes) is 1. The highest BCUT2D eigenvalue weighted by Gasteiger charge is 2.45. The Hall–Kier alpha value is -2.81. The molecule has 2 heterocycles. The van der Waals surface area contributed by atoms with Crippen molar-refractivity contribution in [1.82, 2.24) is 5.32 Å². The molecule has 2 aliphatic heterocycles. The number of amides is 2. The number of fused-ring (bicyclic) bond motifs is 1. The van der Waals surface area contributed by atoms with Gasteiger partial charge >= 0.3 is 6.03 Å². The average Bonchev–Trinajstić information content (AvgIpc) is 3.25. The van der Waals surface area contributed by atoms with E-state index in [1.54, 1.807) is 0 Å². The Kier molecular flexibility index (Phi) is 16.0. The number of carbonyl (C=O) groups excluding carboxylic acids is 1. The Morgan fingerprint density at radius 1 is 1.08 bits per heavy atom. The second-order valence-electron chi connectivity index (χ2n) is 13.5. The van der Waals surface area contributed by atoms with Crippen molar-refractivity contribution in [3.05, 3.63) is 89.5 Å². The van der Waals surface area contributed by atoms with Gasteiger partial charge in [-0.3, -0.25) is 0 Å². The molecule has 0 spiro atoms. The first-order valence-electron chi connectivity index (χ1n) is 17.7. The Balaban J connectivity index is 0.00000188. The van der Waals surface area contributed by atoms with Gasteiger partial charge in [-0.25, -0.2) is 4.79 Å². The van der Waals surface area contributed by atoms with Crippen molar-refractivity contribution in [3.63, 3.8) is 0 Å². The lowest BCUT2D eigenvalue weighted by atomic mass is 9.69. The summed E-state index contributed by atoms with van der Waals surface area (Å²) in [7, 11) is 5.53. The molecule has 2 amide bonds. The maximum Gasteiger partial charge on any atom is 0.321 e. The molecular weight excluding hydrogens is 687 g/mol. The van der Waals surface area contributed by atoms with E-state index in [1.165, 1.54) is 12.0 Å². The summed E-state index contributed by atoms with van der Waals surface area (Å²) in [6, 6.07) is 23.2. The van der Waals surface area contributed by atoms with Crippen LogP contribution in [0.25, 0.3) is 0 Å². The zero-order valence-corrected chi connectivity index (χ0v) is 32.0. The van der Waals surface area contributed by atoms with Gasteiger partial charge in [0.2, 0.25) is 0 Å². The van der Waals surface area contributed by atoms with Gasteiger partial charge in [0, 0.05) is 61.0 Å². The largest absolute Gasteiger partial charge is 0.394 e. The highest BCUT2D eigenvalue weighted by Crippen LogP contribution is 2.51. The summed E-state index contributed by atoms with van der Waals surface area (Å²) in [6.07, 6.45) is 0.115. The van der Waals surface area contributed by atoms with Crippen LogP contribution in [0, 0.1) is 5.41 Å². The number of carbonyl (C=O) groups is 1. The van der Waals surface area contributed by atoms with Crippen LogP contribution in [0.15, 0.2) is 77.7 Å². The standard InChI is InChI=1S/C38H51N3O6S.CH4OS/c1-5-7-18-38(6-2)24-48-32-17-16-28(41(3)4)20-30(32)33(35(38)44)26-14-11-15-27(19-26)39-37(45)40-36-34(43)31(21-29(22-42)47-36)46-23-25-12-9-8-10-13-25;1-2-3/h8-17,19-20,29,31,33-36,42-44H,5-7,18,21-24H2,1-4H3,(H2,39,40,45);3H,1H3/t29?,31?,33?,34?,35?,36-,38-;/m1./s1. The first-order chi connectivity index (χ1) is 24.6. The molecule has 5 rings (SSSR count). The minimum atomic E-state index is -1.14. The first kappa shape index (κ1) is 41.0. The molecule has 0 aliphatic carbocycles. The monoisotopic (exact) mass is 741 g/mol. The van der Waals surface area contributed by atoms with Crippen LogP contribution in [-0.2, 0) is 20.3 Å². The van der Waals surface area contributed by atoms with Gasteiger partial charge < -0.3 is 44.5 Å². The number of rotatable bonds is 12. The summed E-state index contributed by atoms with van der Waals surface area (Å²) in [5.41, 5.74) is 4.31. The fraction of sp³-hybridized carbons (Fsp3) is 0.513. The maximum atomic E-state index is 13.3. The summed E-state index contributed by atoms with van der Waals surface area (Å²) < 4.78 is 15.8. The Morgan fingerprint density at radius 3 is 2.49 bits per heavy atom. The molecule has 2 aliphatic rings. The van der Waals surface area contributed by atoms with Crippen molar-refractivity contribution in [1.29, 1.82) is 0 Å². The number of nitrogens with zero attached hydrogens (tertiary/aromatic N) is 1. The molecule has 0 radical (unpaired) electrons. The molecule has 3 aromatic rings. The van der Waals surface area contributed by atoms with Gasteiger partial charge in [0.15, 0.2) is 6.23 Å². The van der Waals surface area contributed by atoms with Gasteiger partial charge in [0.1, 0.15) is 6.10 Å². The highest BCUT2D eigenvalue weighted by molar-refractivity contribution is 7.99. The topological polar surface area (TPSA) is 133 Å². The lowest BCUT2D eigenvalue weighted by Gasteiger charge is -2.40. The van der Waals surface area contributed by atoms with Crippen molar-refractivity contribution >= 4 is 42.1 Å². The fourth-order valence-electron chi connectivity index (χ4n) is 6.84. The summed E-state index contributed by atoms with van der Waals surface area (Å²) >= 11 is 5.12. The molecule has 5 N–H and O–H groups in total. The van der Waals surface area contributed by atoms with Gasteiger partial charge in [0.25, 0.3) is 0 Å². The predicted molar refractivity (Wildman–Crippen MR) is 208 cm³/mol. The number of aliphatic hydroxyl groups is 3.